The predicted octanol–water partition coefficient (Wildman–Crippen LogP) is 1.23. The van der Waals surface area contributed by atoms with Crippen molar-refractivity contribution in [2.24, 2.45) is 5.73 Å². The third kappa shape index (κ3) is 2.39. The van der Waals surface area contributed by atoms with Gasteiger partial charge in [-0.25, -0.2) is 0 Å². The standard InChI is InChI=1S/C11H16N2O2/c12-6-2-7-13(9-4-5-9)11(14)10-3-1-8-15-10/h1,3,8-9H,2,4-7,12H2. The van der Waals surface area contributed by atoms with Crippen LogP contribution in [0.15, 0.2) is 22.8 Å². The summed E-state index contributed by atoms with van der Waals surface area (Å²) in [5.41, 5.74) is 5.45. The number of hydrogen-bond acceptors (Lipinski definition) is 3. The van der Waals surface area contributed by atoms with E-state index >= 15 is 0 Å². The molecule has 1 amide bonds. The number of rotatable bonds is 5. The number of nitrogens with zero attached hydrogens (tertiary/aromatic N) is 1. The summed E-state index contributed by atoms with van der Waals surface area (Å²) < 4.78 is 5.11. The lowest BCUT2D eigenvalue weighted by molar-refractivity contribution is 0.0710. The van der Waals surface area contributed by atoms with Crippen molar-refractivity contribution in [3.8, 4) is 0 Å². The van der Waals surface area contributed by atoms with Gasteiger partial charge in [-0.2, -0.15) is 0 Å². The zero-order valence-corrected chi connectivity index (χ0v) is 8.69. The van der Waals surface area contributed by atoms with E-state index in [0.29, 0.717) is 18.3 Å². The highest BCUT2D eigenvalue weighted by Crippen LogP contribution is 2.28. The highest BCUT2D eigenvalue weighted by atomic mass is 16.3. The Morgan fingerprint density at radius 3 is 2.93 bits per heavy atom. The minimum absolute atomic E-state index is 0.00375. The number of furan rings is 1. The van der Waals surface area contributed by atoms with Crippen LogP contribution in [0.5, 0.6) is 0 Å². The maximum Gasteiger partial charge on any atom is 0.289 e. The molecule has 0 bridgehead atoms. The topological polar surface area (TPSA) is 59.5 Å². The van der Waals surface area contributed by atoms with E-state index in [2.05, 4.69) is 0 Å². The van der Waals surface area contributed by atoms with Gasteiger partial charge in [-0.15, -0.1) is 0 Å². The second-order valence-electron chi connectivity index (χ2n) is 3.85. The summed E-state index contributed by atoms with van der Waals surface area (Å²) in [7, 11) is 0. The first-order valence-corrected chi connectivity index (χ1v) is 5.37. The lowest BCUT2D eigenvalue weighted by Crippen LogP contribution is -2.34. The highest BCUT2D eigenvalue weighted by molar-refractivity contribution is 5.91. The Morgan fingerprint density at radius 1 is 1.60 bits per heavy atom. The van der Waals surface area contributed by atoms with Crippen LogP contribution in [0.2, 0.25) is 0 Å². The van der Waals surface area contributed by atoms with Crippen molar-refractivity contribution in [3.63, 3.8) is 0 Å². The molecule has 1 fully saturated rings. The van der Waals surface area contributed by atoms with Crippen LogP contribution in [0.3, 0.4) is 0 Å². The molecule has 0 saturated heterocycles. The molecule has 4 nitrogen and oxygen atoms in total. The Kier molecular flexibility index (Phi) is 3.06. The molecule has 0 aliphatic heterocycles. The van der Waals surface area contributed by atoms with Gasteiger partial charge in [0.25, 0.3) is 5.91 Å². The fourth-order valence-electron chi connectivity index (χ4n) is 1.64. The molecule has 4 heteroatoms. The predicted molar refractivity (Wildman–Crippen MR) is 56.4 cm³/mol. The molecule has 1 aliphatic rings. The van der Waals surface area contributed by atoms with Crippen LogP contribution in [0.1, 0.15) is 29.8 Å². The van der Waals surface area contributed by atoms with Crippen molar-refractivity contribution in [1.29, 1.82) is 0 Å². The van der Waals surface area contributed by atoms with E-state index in [0.717, 1.165) is 25.8 Å². The van der Waals surface area contributed by atoms with Crippen molar-refractivity contribution in [2.45, 2.75) is 25.3 Å². The fraction of sp³-hybridized carbons (Fsp3) is 0.545. The van der Waals surface area contributed by atoms with E-state index in [1.807, 2.05) is 4.90 Å². The summed E-state index contributed by atoms with van der Waals surface area (Å²) >= 11 is 0. The third-order valence-electron chi connectivity index (χ3n) is 2.58. The normalized spacial score (nSPS) is 15.3. The van der Waals surface area contributed by atoms with Crippen molar-refractivity contribution in [3.05, 3.63) is 24.2 Å². The van der Waals surface area contributed by atoms with Crippen molar-refractivity contribution in [2.75, 3.05) is 13.1 Å². The van der Waals surface area contributed by atoms with Gasteiger partial charge in [0, 0.05) is 12.6 Å². The first-order chi connectivity index (χ1) is 7.33. The van der Waals surface area contributed by atoms with Gasteiger partial charge in [0.2, 0.25) is 0 Å². The quantitative estimate of drug-likeness (QED) is 0.791. The first kappa shape index (κ1) is 10.2. The summed E-state index contributed by atoms with van der Waals surface area (Å²) in [5, 5.41) is 0. The van der Waals surface area contributed by atoms with Crippen LogP contribution >= 0.6 is 0 Å². The van der Waals surface area contributed by atoms with Gasteiger partial charge in [-0.3, -0.25) is 4.79 Å². The van der Waals surface area contributed by atoms with Crippen molar-refractivity contribution >= 4 is 5.91 Å². The lowest BCUT2D eigenvalue weighted by atomic mass is 10.3. The third-order valence-corrected chi connectivity index (χ3v) is 2.58. The minimum atomic E-state index is -0.00375. The molecule has 1 aromatic rings. The van der Waals surface area contributed by atoms with E-state index in [1.165, 1.54) is 6.26 Å². The molecule has 0 aromatic carbocycles. The Morgan fingerprint density at radius 2 is 2.40 bits per heavy atom. The summed E-state index contributed by atoms with van der Waals surface area (Å²) in [6, 6.07) is 3.86. The van der Waals surface area contributed by atoms with Gasteiger partial charge in [0.1, 0.15) is 0 Å². The van der Waals surface area contributed by atoms with Gasteiger partial charge >= 0.3 is 0 Å². The molecule has 0 spiro atoms. The Labute approximate surface area is 89.0 Å². The average molecular weight is 208 g/mol. The van der Waals surface area contributed by atoms with Gasteiger partial charge in [0.15, 0.2) is 5.76 Å². The number of amides is 1. The zero-order chi connectivity index (χ0) is 10.7. The van der Waals surface area contributed by atoms with E-state index in [4.69, 9.17) is 10.2 Å². The van der Waals surface area contributed by atoms with Gasteiger partial charge in [0.05, 0.1) is 6.26 Å². The van der Waals surface area contributed by atoms with E-state index < -0.39 is 0 Å². The van der Waals surface area contributed by atoms with Crippen molar-refractivity contribution in [1.82, 2.24) is 4.90 Å². The summed E-state index contributed by atoms with van der Waals surface area (Å²) in [4.78, 5) is 13.9. The average Bonchev–Trinajstić information content (AvgIpc) is 2.94. The second kappa shape index (κ2) is 4.49. The maximum atomic E-state index is 12.0. The van der Waals surface area contributed by atoms with Crippen LogP contribution in [0.25, 0.3) is 0 Å². The first-order valence-electron chi connectivity index (χ1n) is 5.37. The minimum Gasteiger partial charge on any atom is -0.459 e. The highest BCUT2D eigenvalue weighted by Gasteiger charge is 2.33. The van der Waals surface area contributed by atoms with E-state index in [-0.39, 0.29) is 5.91 Å². The van der Waals surface area contributed by atoms with E-state index in [1.54, 1.807) is 12.1 Å². The number of nitrogens with two attached hydrogens (primary N) is 1. The van der Waals surface area contributed by atoms with E-state index in [9.17, 15) is 4.79 Å². The molecule has 1 heterocycles. The summed E-state index contributed by atoms with van der Waals surface area (Å²) in [6.45, 7) is 1.36. The van der Waals surface area contributed by atoms with Gasteiger partial charge < -0.3 is 15.1 Å². The van der Waals surface area contributed by atoms with Crippen LogP contribution in [-0.4, -0.2) is 29.9 Å². The summed E-state index contributed by atoms with van der Waals surface area (Å²) in [5.74, 6) is 0.426. The molecule has 0 radical (unpaired) electrons. The van der Waals surface area contributed by atoms with Crippen LogP contribution in [0.4, 0.5) is 0 Å². The smallest absolute Gasteiger partial charge is 0.289 e. The molecule has 1 aliphatic carbocycles. The van der Waals surface area contributed by atoms with Crippen LogP contribution in [-0.2, 0) is 0 Å². The molecule has 1 aromatic heterocycles. The van der Waals surface area contributed by atoms with Gasteiger partial charge in [-0.05, 0) is 37.9 Å². The van der Waals surface area contributed by atoms with Crippen LogP contribution < -0.4 is 5.73 Å². The number of carbonyl (C=O) groups excluding carboxylic acids is 1. The van der Waals surface area contributed by atoms with Crippen LogP contribution in [0, 0.1) is 0 Å². The Bertz CT molecular complexity index is 317. The Hall–Kier alpha value is -1.29. The molecule has 0 unspecified atom stereocenters. The molecular formula is C11H16N2O2. The molecule has 0 atom stereocenters. The lowest BCUT2D eigenvalue weighted by Gasteiger charge is -2.20. The zero-order valence-electron chi connectivity index (χ0n) is 8.69. The monoisotopic (exact) mass is 208 g/mol. The van der Waals surface area contributed by atoms with Crippen molar-refractivity contribution < 1.29 is 9.21 Å². The Balaban J connectivity index is 2.01. The molecule has 1 saturated carbocycles. The van der Waals surface area contributed by atoms with Gasteiger partial charge in [-0.1, -0.05) is 0 Å². The molecule has 2 rings (SSSR count). The number of hydrogen-bond donors (Lipinski definition) is 1. The fourth-order valence-corrected chi connectivity index (χ4v) is 1.64. The number of carbonyl (C=O) groups is 1. The molecule has 82 valence electrons. The maximum absolute atomic E-state index is 12.0. The molecule has 2 N–H and O–H groups in total. The molecular weight excluding hydrogens is 192 g/mol. The molecule has 15 heavy (non-hydrogen) atoms. The summed E-state index contributed by atoms with van der Waals surface area (Å²) in [6.07, 6.45) is 4.60. The largest absolute Gasteiger partial charge is 0.459 e. The second-order valence-corrected chi connectivity index (χ2v) is 3.85. The SMILES string of the molecule is NCCCN(C(=O)c1ccco1)C1CC1.